The Morgan fingerprint density at radius 2 is 1.92 bits per heavy atom. The van der Waals surface area contributed by atoms with Crippen LogP contribution in [0.25, 0.3) is 0 Å². The first-order valence-corrected chi connectivity index (χ1v) is 11.3. The number of carbonyl (C=O) groups is 1. The van der Waals surface area contributed by atoms with Gasteiger partial charge in [-0.15, -0.1) is 0 Å². The van der Waals surface area contributed by atoms with Gasteiger partial charge in [-0.2, -0.15) is 4.31 Å². The van der Waals surface area contributed by atoms with Crippen LogP contribution in [-0.4, -0.2) is 73.8 Å². The predicted molar refractivity (Wildman–Crippen MR) is 95.9 cm³/mol. The van der Waals surface area contributed by atoms with Gasteiger partial charge < -0.3 is 15.0 Å². The summed E-state index contributed by atoms with van der Waals surface area (Å²) in [6, 6.07) is 0.228. The predicted octanol–water partition coefficient (Wildman–Crippen LogP) is 1.54. The Hall–Kier alpha value is -0.860. The first-order chi connectivity index (χ1) is 11.8. The van der Waals surface area contributed by atoms with Gasteiger partial charge in [-0.25, -0.2) is 13.2 Å². The van der Waals surface area contributed by atoms with Crippen molar-refractivity contribution in [2.75, 3.05) is 32.5 Å². The van der Waals surface area contributed by atoms with Crippen molar-refractivity contribution in [2.45, 2.75) is 69.6 Å². The fraction of sp³-hybridized carbons (Fsp3) is 0.941. The third-order valence-corrected chi connectivity index (χ3v) is 6.97. The number of urea groups is 1. The number of likely N-dealkylation sites (tertiary alicyclic amines) is 1. The SMILES string of the molecule is CCCNC(=O)N1CCC2(CC1)CC(N(C1CC1)S(C)(=O)=O)CCO2. The zero-order valence-electron chi connectivity index (χ0n) is 15.4. The maximum Gasteiger partial charge on any atom is 0.317 e. The molecule has 2 aliphatic heterocycles. The van der Waals surface area contributed by atoms with Crippen LogP contribution in [0.4, 0.5) is 4.79 Å². The van der Waals surface area contributed by atoms with Gasteiger partial charge >= 0.3 is 6.03 Å². The lowest BCUT2D eigenvalue weighted by molar-refractivity contribution is -0.122. The Balaban J connectivity index is 1.61. The van der Waals surface area contributed by atoms with E-state index < -0.39 is 10.0 Å². The van der Waals surface area contributed by atoms with E-state index in [0.29, 0.717) is 26.2 Å². The van der Waals surface area contributed by atoms with Crippen LogP contribution in [-0.2, 0) is 14.8 Å². The number of piperidine rings is 1. The molecule has 3 fully saturated rings. The zero-order valence-corrected chi connectivity index (χ0v) is 16.2. The number of amides is 2. The van der Waals surface area contributed by atoms with Crippen molar-refractivity contribution < 1.29 is 17.9 Å². The summed E-state index contributed by atoms with van der Waals surface area (Å²) < 4.78 is 32.4. The van der Waals surface area contributed by atoms with Gasteiger partial charge in [0.05, 0.1) is 11.9 Å². The van der Waals surface area contributed by atoms with Gasteiger partial charge in [-0.1, -0.05) is 6.92 Å². The number of nitrogens with one attached hydrogen (secondary N) is 1. The van der Waals surface area contributed by atoms with Crippen LogP contribution >= 0.6 is 0 Å². The fourth-order valence-corrected chi connectivity index (χ4v) is 5.67. The molecule has 0 radical (unpaired) electrons. The number of carbonyl (C=O) groups excluding carboxylic acids is 1. The monoisotopic (exact) mass is 373 g/mol. The van der Waals surface area contributed by atoms with Gasteiger partial charge in [0.2, 0.25) is 10.0 Å². The number of hydrogen-bond acceptors (Lipinski definition) is 4. The molecule has 2 amide bonds. The first-order valence-electron chi connectivity index (χ1n) is 9.50. The number of nitrogens with zero attached hydrogens (tertiary/aromatic N) is 2. The van der Waals surface area contributed by atoms with E-state index in [9.17, 15) is 13.2 Å². The Morgan fingerprint density at radius 1 is 1.24 bits per heavy atom. The van der Waals surface area contributed by atoms with E-state index in [-0.39, 0.29) is 23.7 Å². The number of hydrogen-bond donors (Lipinski definition) is 1. The smallest absolute Gasteiger partial charge is 0.317 e. The summed E-state index contributed by atoms with van der Waals surface area (Å²) in [5, 5.41) is 2.92. The molecular formula is C17H31N3O4S. The molecule has 0 bridgehead atoms. The van der Waals surface area contributed by atoms with E-state index in [2.05, 4.69) is 5.32 Å². The summed E-state index contributed by atoms with van der Waals surface area (Å²) >= 11 is 0. The standard InChI is InChI=1S/C17H31N3O4S/c1-3-9-18-16(21)19-10-7-17(8-11-19)13-15(6-12-24-17)20(14-4-5-14)25(2,22)23/h14-15H,3-13H2,1-2H3,(H,18,21). The quantitative estimate of drug-likeness (QED) is 0.793. The van der Waals surface area contributed by atoms with Gasteiger partial charge in [0.1, 0.15) is 0 Å². The third kappa shape index (κ3) is 4.46. The van der Waals surface area contributed by atoms with Crippen molar-refractivity contribution in [1.82, 2.24) is 14.5 Å². The van der Waals surface area contributed by atoms with E-state index in [0.717, 1.165) is 44.9 Å². The average molecular weight is 374 g/mol. The van der Waals surface area contributed by atoms with Gasteiger partial charge in [0.25, 0.3) is 0 Å². The van der Waals surface area contributed by atoms with Crippen LogP contribution in [0.2, 0.25) is 0 Å². The Bertz CT molecular complexity index is 583. The van der Waals surface area contributed by atoms with Crippen LogP contribution in [0.3, 0.4) is 0 Å². The largest absolute Gasteiger partial charge is 0.375 e. The maximum atomic E-state index is 12.2. The summed E-state index contributed by atoms with van der Waals surface area (Å²) in [5.74, 6) is 0. The highest BCUT2D eigenvalue weighted by atomic mass is 32.2. The second-order valence-corrected chi connectivity index (χ2v) is 9.61. The van der Waals surface area contributed by atoms with Crippen LogP contribution < -0.4 is 5.32 Å². The minimum atomic E-state index is -3.19. The highest BCUT2D eigenvalue weighted by molar-refractivity contribution is 7.88. The topological polar surface area (TPSA) is 79.0 Å². The Labute approximate surface area is 151 Å². The molecular weight excluding hydrogens is 342 g/mol. The lowest BCUT2D eigenvalue weighted by Crippen LogP contribution is -2.56. The molecule has 7 nitrogen and oxygen atoms in total. The summed E-state index contributed by atoms with van der Waals surface area (Å²) in [6.07, 6.45) is 7.29. The van der Waals surface area contributed by atoms with Crippen molar-refractivity contribution >= 4 is 16.1 Å². The maximum absolute atomic E-state index is 12.2. The van der Waals surface area contributed by atoms with Crippen molar-refractivity contribution in [3.63, 3.8) is 0 Å². The molecule has 25 heavy (non-hydrogen) atoms. The fourth-order valence-electron chi connectivity index (χ4n) is 4.20. The Morgan fingerprint density at radius 3 is 2.48 bits per heavy atom. The van der Waals surface area contributed by atoms with Gasteiger partial charge in [0, 0.05) is 38.3 Å². The number of ether oxygens (including phenoxy) is 1. The highest BCUT2D eigenvalue weighted by Crippen LogP contribution is 2.40. The van der Waals surface area contributed by atoms with Crippen LogP contribution in [0, 0.1) is 0 Å². The highest BCUT2D eigenvalue weighted by Gasteiger charge is 2.47. The molecule has 0 aromatic rings. The number of rotatable bonds is 5. The minimum Gasteiger partial charge on any atom is -0.375 e. The summed E-state index contributed by atoms with van der Waals surface area (Å²) in [7, 11) is -3.19. The van der Waals surface area contributed by atoms with Crippen LogP contribution in [0.5, 0.6) is 0 Å². The van der Waals surface area contributed by atoms with Gasteiger partial charge in [0.15, 0.2) is 0 Å². The van der Waals surface area contributed by atoms with E-state index >= 15 is 0 Å². The summed E-state index contributed by atoms with van der Waals surface area (Å²) in [4.78, 5) is 14.0. The average Bonchev–Trinajstić information content (AvgIpc) is 3.37. The molecule has 1 saturated carbocycles. The second kappa shape index (κ2) is 7.40. The Kier molecular flexibility index (Phi) is 5.60. The zero-order chi connectivity index (χ0) is 18.1. The van der Waals surface area contributed by atoms with Crippen molar-refractivity contribution in [3.8, 4) is 0 Å². The summed E-state index contributed by atoms with van der Waals surface area (Å²) in [5.41, 5.74) is -0.276. The van der Waals surface area contributed by atoms with Crippen LogP contribution in [0.15, 0.2) is 0 Å². The molecule has 2 heterocycles. The molecule has 2 saturated heterocycles. The molecule has 144 valence electrons. The molecule has 3 rings (SSSR count). The summed E-state index contributed by atoms with van der Waals surface area (Å²) in [6.45, 7) is 4.68. The minimum absolute atomic E-state index is 0.000183. The van der Waals surface area contributed by atoms with E-state index in [1.165, 1.54) is 6.26 Å². The molecule has 8 heteroatoms. The normalized spacial score (nSPS) is 26.8. The van der Waals surface area contributed by atoms with Crippen molar-refractivity contribution in [3.05, 3.63) is 0 Å². The third-order valence-electron chi connectivity index (χ3n) is 5.60. The van der Waals surface area contributed by atoms with Crippen molar-refractivity contribution in [1.29, 1.82) is 0 Å². The van der Waals surface area contributed by atoms with Gasteiger partial charge in [-0.3, -0.25) is 0 Å². The molecule has 0 aromatic carbocycles. The first kappa shape index (κ1) is 18.9. The van der Waals surface area contributed by atoms with E-state index in [4.69, 9.17) is 4.74 Å². The molecule has 3 aliphatic rings. The van der Waals surface area contributed by atoms with Gasteiger partial charge in [-0.05, 0) is 44.9 Å². The van der Waals surface area contributed by atoms with E-state index in [1.807, 2.05) is 11.8 Å². The molecule has 1 aliphatic carbocycles. The molecule has 1 unspecified atom stereocenters. The van der Waals surface area contributed by atoms with Crippen molar-refractivity contribution in [2.24, 2.45) is 0 Å². The lowest BCUT2D eigenvalue weighted by Gasteiger charge is -2.48. The number of sulfonamides is 1. The van der Waals surface area contributed by atoms with E-state index in [1.54, 1.807) is 4.31 Å². The molecule has 1 N–H and O–H groups in total. The molecule has 1 spiro atoms. The van der Waals surface area contributed by atoms with Crippen LogP contribution in [0.1, 0.15) is 51.9 Å². The lowest BCUT2D eigenvalue weighted by atomic mass is 9.82. The molecule has 0 aromatic heterocycles. The second-order valence-electron chi connectivity index (χ2n) is 7.72. The molecule has 1 atom stereocenters.